The third kappa shape index (κ3) is 2.84. The lowest BCUT2D eigenvalue weighted by Crippen LogP contribution is -2.06. The molecule has 0 heterocycles. The zero-order valence-corrected chi connectivity index (χ0v) is 11.2. The lowest BCUT2D eigenvalue weighted by Gasteiger charge is -2.14. The Morgan fingerprint density at radius 1 is 1.11 bits per heavy atom. The second-order valence-electron chi connectivity index (χ2n) is 4.36. The molecule has 1 atom stereocenters. The van der Waals surface area contributed by atoms with Gasteiger partial charge in [0.2, 0.25) is 0 Å². The maximum atomic E-state index is 6.16. The van der Waals surface area contributed by atoms with E-state index in [1.165, 1.54) is 0 Å². The molecule has 0 fully saturated rings. The minimum absolute atomic E-state index is 0.0783. The van der Waals surface area contributed by atoms with Gasteiger partial charge in [-0.25, -0.2) is 0 Å². The molecule has 0 aliphatic heterocycles. The highest BCUT2D eigenvalue weighted by Crippen LogP contribution is 2.33. The SMILES string of the molecule is Cc1ccc(Oc2ccccc2[C@H](C)N)c(Cl)c1. The Bertz CT molecular complexity index is 552. The molecule has 18 heavy (non-hydrogen) atoms. The summed E-state index contributed by atoms with van der Waals surface area (Å²) >= 11 is 6.16. The van der Waals surface area contributed by atoms with Crippen LogP contribution in [-0.4, -0.2) is 0 Å². The van der Waals surface area contributed by atoms with Crippen molar-refractivity contribution in [3.8, 4) is 11.5 Å². The highest BCUT2D eigenvalue weighted by atomic mass is 35.5. The van der Waals surface area contributed by atoms with Crippen LogP contribution in [0.4, 0.5) is 0 Å². The van der Waals surface area contributed by atoms with Gasteiger partial charge in [-0.15, -0.1) is 0 Å². The summed E-state index contributed by atoms with van der Waals surface area (Å²) < 4.78 is 5.84. The zero-order valence-electron chi connectivity index (χ0n) is 10.5. The molecule has 0 aliphatic carbocycles. The summed E-state index contributed by atoms with van der Waals surface area (Å²) in [4.78, 5) is 0. The van der Waals surface area contributed by atoms with Gasteiger partial charge in [0.05, 0.1) is 5.02 Å². The van der Waals surface area contributed by atoms with Crippen LogP contribution >= 0.6 is 11.6 Å². The number of aryl methyl sites for hydroxylation is 1. The van der Waals surface area contributed by atoms with Crippen LogP contribution in [0.5, 0.6) is 11.5 Å². The summed E-state index contributed by atoms with van der Waals surface area (Å²) in [7, 11) is 0. The number of benzene rings is 2. The van der Waals surface area contributed by atoms with Gasteiger partial charge in [0, 0.05) is 11.6 Å². The molecular formula is C15H16ClNO. The van der Waals surface area contributed by atoms with Crippen molar-refractivity contribution in [1.82, 2.24) is 0 Å². The number of hydrogen-bond donors (Lipinski definition) is 1. The molecule has 0 aromatic heterocycles. The summed E-state index contributed by atoms with van der Waals surface area (Å²) in [5, 5.41) is 0.606. The molecule has 2 N–H and O–H groups in total. The van der Waals surface area contributed by atoms with Crippen molar-refractivity contribution in [3.63, 3.8) is 0 Å². The van der Waals surface area contributed by atoms with E-state index in [1.807, 2.05) is 56.3 Å². The van der Waals surface area contributed by atoms with Gasteiger partial charge >= 0.3 is 0 Å². The van der Waals surface area contributed by atoms with E-state index in [0.717, 1.165) is 16.9 Å². The molecule has 0 saturated carbocycles. The summed E-state index contributed by atoms with van der Waals surface area (Å²) in [6.07, 6.45) is 0. The molecule has 2 nitrogen and oxygen atoms in total. The first-order valence-electron chi connectivity index (χ1n) is 5.86. The van der Waals surface area contributed by atoms with Crippen molar-refractivity contribution in [3.05, 3.63) is 58.6 Å². The number of para-hydroxylation sites is 1. The lowest BCUT2D eigenvalue weighted by molar-refractivity contribution is 0.472. The van der Waals surface area contributed by atoms with E-state index in [-0.39, 0.29) is 6.04 Å². The molecule has 94 valence electrons. The second kappa shape index (κ2) is 5.42. The molecule has 0 unspecified atom stereocenters. The summed E-state index contributed by atoms with van der Waals surface area (Å²) in [5.41, 5.74) is 7.99. The first-order chi connectivity index (χ1) is 8.58. The predicted molar refractivity (Wildman–Crippen MR) is 75.3 cm³/mol. The Morgan fingerprint density at radius 2 is 1.83 bits per heavy atom. The van der Waals surface area contributed by atoms with Crippen LogP contribution < -0.4 is 10.5 Å². The molecule has 0 spiro atoms. The maximum absolute atomic E-state index is 6.16. The Labute approximate surface area is 112 Å². The molecule has 2 aromatic rings. The normalized spacial score (nSPS) is 12.2. The quantitative estimate of drug-likeness (QED) is 0.885. The van der Waals surface area contributed by atoms with Crippen molar-refractivity contribution in [2.24, 2.45) is 5.73 Å². The molecule has 0 bridgehead atoms. The summed E-state index contributed by atoms with van der Waals surface area (Å²) in [5.74, 6) is 1.40. The van der Waals surface area contributed by atoms with Crippen LogP contribution in [0.15, 0.2) is 42.5 Å². The van der Waals surface area contributed by atoms with Crippen molar-refractivity contribution in [2.45, 2.75) is 19.9 Å². The van der Waals surface area contributed by atoms with Crippen molar-refractivity contribution >= 4 is 11.6 Å². The number of ether oxygens (including phenoxy) is 1. The van der Waals surface area contributed by atoms with Crippen molar-refractivity contribution in [2.75, 3.05) is 0 Å². The third-order valence-electron chi connectivity index (χ3n) is 2.72. The lowest BCUT2D eigenvalue weighted by atomic mass is 10.1. The minimum Gasteiger partial charge on any atom is -0.455 e. The van der Waals surface area contributed by atoms with Crippen LogP contribution in [-0.2, 0) is 0 Å². The smallest absolute Gasteiger partial charge is 0.146 e. The second-order valence-corrected chi connectivity index (χ2v) is 4.77. The van der Waals surface area contributed by atoms with Gasteiger partial charge in [-0.1, -0.05) is 35.9 Å². The summed E-state index contributed by atoms with van der Waals surface area (Å²) in [6, 6.07) is 13.4. The topological polar surface area (TPSA) is 35.2 Å². The van der Waals surface area contributed by atoms with Crippen LogP contribution in [0.1, 0.15) is 24.1 Å². The predicted octanol–water partition coefficient (Wildman–Crippen LogP) is 4.46. The van der Waals surface area contributed by atoms with Crippen LogP contribution in [0.2, 0.25) is 5.02 Å². The number of nitrogens with two attached hydrogens (primary N) is 1. The van der Waals surface area contributed by atoms with E-state index >= 15 is 0 Å². The summed E-state index contributed by atoms with van der Waals surface area (Å²) in [6.45, 7) is 3.92. The first kappa shape index (κ1) is 12.9. The van der Waals surface area contributed by atoms with Crippen LogP contribution in [0.3, 0.4) is 0 Å². The first-order valence-corrected chi connectivity index (χ1v) is 6.24. The molecule has 2 rings (SSSR count). The molecule has 3 heteroatoms. The fourth-order valence-electron chi connectivity index (χ4n) is 1.76. The van der Waals surface area contributed by atoms with E-state index in [2.05, 4.69) is 0 Å². The Kier molecular flexibility index (Phi) is 3.90. The third-order valence-corrected chi connectivity index (χ3v) is 3.01. The van der Waals surface area contributed by atoms with E-state index in [4.69, 9.17) is 22.1 Å². The monoisotopic (exact) mass is 261 g/mol. The molecule has 0 amide bonds. The number of rotatable bonds is 3. The van der Waals surface area contributed by atoms with Gasteiger partial charge in [-0.2, -0.15) is 0 Å². The fourth-order valence-corrected chi connectivity index (χ4v) is 2.03. The standard InChI is InChI=1S/C15H16ClNO/c1-10-7-8-15(13(16)9-10)18-14-6-4-3-5-12(14)11(2)17/h3-9,11H,17H2,1-2H3/t11-/m0/s1. The Morgan fingerprint density at radius 3 is 2.50 bits per heavy atom. The van der Waals surface area contributed by atoms with Crippen LogP contribution in [0.25, 0.3) is 0 Å². The highest BCUT2D eigenvalue weighted by Gasteiger charge is 2.09. The Hall–Kier alpha value is -1.51. The average Bonchev–Trinajstić information content (AvgIpc) is 2.33. The van der Waals surface area contributed by atoms with Gasteiger partial charge in [0.1, 0.15) is 11.5 Å². The maximum Gasteiger partial charge on any atom is 0.146 e. The van der Waals surface area contributed by atoms with Gasteiger partial charge in [0.15, 0.2) is 0 Å². The number of hydrogen-bond acceptors (Lipinski definition) is 2. The van der Waals surface area contributed by atoms with Crippen molar-refractivity contribution < 1.29 is 4.74 Å². The Balaban J connectivity index is 2.34. The molecule has 0 saturated heterocycles. The molecule has 0 radical (unpaired) electrons. The van der Waals surface area contributed by atoms with Crippen molar-refractivity contribution in [1.29, 1.82) is 0 Å². The highest BCUT2D eigenvalue weighted by molar-refractivity contribution is 6.32. The minimum atomic E-state index is -0.0783. The van der Waals surface area contributed by atoms with Gasteiger partial charge in [0.25, 0.3) is 0 Å². The van der Waals surface area contributed by atoms with Gasteiger partial charge < -0.3 is 10.5 Å². The van der Waals surface area contributed by atoms with E-state index in [0.29, 0.717) is 10.8 Å². The van der Waals surface area contributed by atoms with E-state index in [1.54, 1.807) is 0 Å². The van der Waals surface area contributed by atoms with E-state index < -0.39 is 0 Å². The molecule has 0 aliphatic rings. The zero-order chi connectivity index (χ0) is 13.1. The van der Waals surface area contributed by atoms with E-state index in [9.17, 15) is 0 Å². The number of halogens is 1. The largest absolute Gasteiger partial charge is 0.455 e. The average molecular weight is 262 g/mol. The van der Waals surface area contributed by atoms with Gasteiger partial charge in [-0.3, -0.25) is 0 Å². The molecular weight excluding hydrogens is 246 g/mol. The van der Waals surface area contributed by atoms with Gasteiger partial charge in [-0.05, 0) is 37.6 Å². The fraction of sp³-hybridized carbons (Fsp3) is 0.200. The van der Waals surface area contributed by atoms with Crippen LogP contribution in [0, 0.1) is 6.92 Å². The molecule has 2 aromatic carbocycles.